The van der Waals surface area contributed by atoms with Crippen LogP contribution in [0.2, 0.25) is 10.0 Å². The summed E-state index contributed by atoms with van der Waals surface area (Å²) in [6, 6.07) is 14.6. The second-order valence-electron chi connectivity index (χ2n) is 6.67. The fourth-order valence-electron chi connectivity index (χ4n) is 3.79. The van der Waals surface area contributed by atoms with Crippen molar-refractivity contribution in [2.45, 2.75) is 24.8 Å². The molecule has 0 radical (unpaired) electrons. The van der Waals surface area contributed by atoms with Crippen molar-refractivity contribution < 1.29 is 0 Å². The number of fused-ring (bicyclic) bond motifs is 1. The smallest absolute Gasteiger partial charge is 0.0410 e. The number of nitrogens with one attached hydrogen (secondary N) is 1. The van der Waals surface area contributed by atoms with Gasteiger partial charge in [-0.15, -0.1) is 0 Å². The zero-order valence-corrected chi connectivity index (χ0v) is 15.8. The van der Waals surface area contributed by atoms with Crippen molar-refractivity contribution >= 4 is 40.5 Å². The third-order valence-corrected chi connectivity index (χ3v) is 5.86. The summed E-state index contributed by atoms with van der Waals surface area (Å²) in [5, 5.41) is 6.07. The van der Waals surface area contributed by atoms with E-state index in [1.807, 2.05) is 24.3 Å². The fourth-order valence-corrected chi connectivity index (χ4v) is 4.26. The van der Waals surface area contributed by atoms with Crippen molar-refractivity contribution in [2.24, 2.45) is 5.92 Å². The van der Waals surface area contributed by atoms with E-state index in [1.165, 1.54) is 11.1 Å². The van der Waals surface area contributed by atoms with E-state index in [0.29, 0.717) is 17.9 Å². The van der Waals surface area contributed by atoms with Crippen LogP contribution in [0.4, 0.5) is 5.69 Å². The standard InChI is InChI=1S/C21H18Cl3N/c22-15-5-1-13(2-6-15)18-12-21(14-3-7-16(23)8-4-14)25-20-10-9-17(24)11-19(18)20/h1-3,5-11,14,18,21,25H,4,12H2/t14?,18-,21+/m0/s1. The Morgan fingerprint density at radius 2 is 1.68 bits per heavy atom. The van der Waals surface area contributed by atoms with Crippen LogP contribution >= 0.6 is 34.8 Å². The topological polar surface area (TPSA) is 12.0 Å². The summed E-state index contributed by atoms with van der Waals surface area (Å²) in [6.45, 7) is 0. The Bertz CT molecular complexity index is 839. The normalized spacial score (nSPS) is 25.1. The second-order valence-corrected chi connectivity index (χ2v) is 7.98. The molecule has 1 heterocycles. The van der Waals surface area contributed by atoms with Crippen molar-refractivity contribution in [1.82, 2.24) is 0 Å². The molecular formula is C21H18Cl3N. The van der Waals surface area contributed by atoms with Crippen LogP contribution in [0.1, 0.15) is 29.9 Å². The van der Waals surface area contributed by atoms with Crippen LogP contribution in [0.3, 0.4) is 0 Å². The molecule has 0 spiro atoms. The maximum absolute atomic E-state index is 6.27. The molecule has 2 aromatic rings. The van der Waals surface area contributed by atoms with Crippen LogP contribution < -0.4 is 5.32 Å². The first-order valence-corrected chi connectivity index (χ1v) is 9.59. The Kier molecular flexibility index (Phi) is 4.82. The van der Waals surface area contributed by atoms with Crippen LogP contribution in [0.25, 0.3) is 0 Å². The summed E-state index contributed by atoms with van der Waals surface area (Å²) < 4.78 is 0. The minimum absolute atomic E-state index is 0.298. The highest BCUT2D eigenvalue weighted by Crippen LogP contribution is 2.43. The van der Waals surface area contributed by atoms with Gasteiger partial charge in [-0.05, 0) is 60.4 Å². The van der Waals surface area contributed by atoms with Crippen LogP contribution in [-0.2, 0) is 0 Å². The molecule has 3 atom stereocenters. The number of benzene rings is 2. The van der Waals surface area contributed by atoms with E-state index < -0.39 is 0 Å². The molecule has 1 aliphatic carbocycles. The first-order chi connectivity index (χ1) is 12.1. The highest BCUT2D eigenvalue weighted by atomic mass is 35.5. The monoisotopic (exact) mass is 389 g/mol. The molecule has 0 fully saturated rings. The lowest BCUT2D eigenvalue weighted by Crippen LogP contribution is -2.34. The number of halogens is 3. The molecule has 0 aromatic heterocycles. The van der Waals surface area contributed by atoms with Crippen molar-refractivity contribution in [3.05, 3.63) is 86.9 Å². The predicted molar refractivity (Wildman–Crippen MR) is 108 cm³/mol. The lowest BCUT2D eigenvalue weighted by atomic mass is 9.77. The maximum atomic E-state index is 6.27. The van der Waals surface area contributed by atoms with Crippen molar-refractivity contribution in [3.8, 4) is 0 Å². The SMILES string of the molecule is ClC1=CCC([C@H]2C[C@@H](c3ccc(Cl)cc3)c3cc(Cl)ccc3N2)C=C1. The van der Waals surface area contributed by atoms with E-state index >= 15 is 0 Å². The molecule has 0 amide bonds. The lowest BCUT2D eigenvalue weighted by Gasteiger charge is -2.37. The van der Waals surface area contributed by atoms with E-state index in [1.54, 1.807) is 0 Å². The Morgan fingerprint density at radius 1 is 0.920 bits per heavy atom. The van der Waals surface area contributed by atoms with Crippen molar-refractivity contribution in [1.29, 1.82) is 0 Å². The number of rotatable bonds is 2. The van der Waals surface area contributed by atoms with E-state index in [4.69, 9.17) is 34.8 Å². The molecule has 1 nitrogen and oxygen atoms in total. The molecule has 25 heavy (non-hydrogen) atoms. The van der Waals surface area contributed by atoms with Crippen LogP contribution in [0, 0.1) is 5.92 Å². The van der Waals surface area contributed by atoms with E-state index in [9.17, 15) is 0 Å². The van der Waals surface area contributed by atoms with Gasteiger partial charge in [0.15, 0.2) is 0 Å². The molecule has 2 aliphatic rings. The van der Waals surface area contributed by atoms with Gasteiger partial charge < -0.3 is 5.32 Å². The highest BCUT2D eigenvalue weighted by molar-refractivity contribution is 6.31. The van der Waals surface area contributed by atoms with Gasteiger partial charge in [0.2, 0.25) is 0 Å². The van der Waals surface area contributed by atoms with E-state index in [-0.39, 0.29) is 0 Å². The van der Waals surface area contributed by atoms with Gasteiger partial charge in [-0.1, -0.05) is 59.1 Å². The first-order valence-electron chi connectivity index (χ1n) is 8.45. The third-order valence-electron chi connectivity index (χ3n) is 5.10. The maximum Gasteiger partial charge on any atom is 0.0410 e. The molecule has 4 heteroatoms. The van der Waals surface area contributed by atoms with Crippen molar-refractivity contribution in [3.63, 3.8) is 0 Å². The molecule has 2 aromatic carbocycles. The summed E-state index contributed by atoms with van der Waals surface area (Å²) in [5.74, 6) is 0.730. The van der Waals surface area contributed by atoms with Crippen LogP contribution in [0.15, 0.2) is 65.7 Å². The van der Waals surface area contributed by atoms with Crippen molar-refractivity contribution in [2.75, 3.05) is 5.32 Å². The molecule has 128 valence electrons. The molecule has 0 bridgehead atoms. The Labute approximate surface area is 163 Å². The van der Waals surface area contributed by atoms with E-state index in [2.05, 4.69) is 41.7 Å². The van der Waals surface area contributed by atoms with Gasteiger partial charge in [0.05, 0.1) is 0 Å². The van der Waals surface area contributed by atoms with Gasteiger partial charge >= 0.3 is 0 Å². The average molecular weight is 391 g/mol. The number of anilines is 1. The van der Waals surface area contributed by atoms with Gasteiger partial charge in [-0.2, -0.15) is 0 Å². The van der Waals surface area contributed by atoms with E-state index in [0.717, 1.165) is 33.6 Å². The molecule has 4 rings (SSSR count). The summed E-state index contributed by atoms with van der Waals surface area (Å²) in [7, 11) is 0. The number of hydrogen-bond donors (Lipinski definition) is 1. The molecule has 1 unspecified atom stereocenters. The number of allylic oxidation sites excluding steroid dienone is 3. The van der Waals surface area contributed by atoms with Crippen LogP contribution in [0.5, 0.6) is 0 Å². The molecule has 0 saturated carbocycles. The zero-order chi connectivity index (χ0) is 17.4. The highest BCUT2D eigenvalue weighted by Gasteiger charge is 2.31. The largest absolute Gasteiger partial charge is 0.381 e. The van der Waals surface area contributed by atoms with Gasteiger partial charge in [0.1, 0.15) is 0 Å². The molecule has 1 aliphatic heterocycles. The summed E-state index contributed by atoms with van der Waals surface area (Å²) in [4.78, 5) is 0. The fraction of sp³-hybridized carbons (Fsp3) is 0.238. The minimum atomic E-state index is 0.298. The minimum Gasteiger partial charge on any atom is -0.381 e. The predicted octanol–water partition coefficient (Wildman–Crippen LogP) is 7.01. The number of hydrogen-bond acceptors (Lipinski definition) is 1. The second kappa shape index (κ2) is 7.07. The quantitative estimate of drug-likeness (QED) is 0.581. The van der Waals surface area contributed by atoms with Gasteiger partial charge in [-0.3, -0.25) is 0 Å². The lowest BCUT2D eigenvalue weighted by molar-refractivity contribution is 0.467. The summed E-state index contributed by atoms with van der Waals surface area (Å²) >= 11 is 18.4. The first kappa shape index (κ1) is 17.0. The molecular weight excluding hydrogens is 373 g/mol. The Balaban J connectivity index is 1.70. The Hall–Kier alpha value is -1.41. The average Bonchev–Trinajstić information content (AvgIpc) is 2.62. The van der Waals surface area contributed by atoms with Crippen LogP contribution in [-0.4, -0.2) is 6.04 Å². The third kappa shape index (κ3) is 3.60. The molecule has 1 N–H and O–H groups in total. The summed E-state index contributed by atoms with van der Waals surface area (Å²) in [6.07, 6.45) is 8.30. The van der Waals surface area contributed by atoms with Gasteiger partial charge in [0, 0.05) is 38.6 Å². The van der Waals surface area contributed by atoms with Gasteiger partial charge in [0.25, 0.3) is 0 Å². The zero-order valence-electron chi connectivity index (χ0n) is 13.6. The Morgan fingerprint density at radius 3 is 2.40 bits per heavy atom. The molecule has 0 saturated heterocycles. The van der Waals surface area contributed by atoms with Gasteiger partial charge in [-0.25, -0.2) is 0 Å². The summed E-state index contributed by atoms with van der Waals surface area (Å²) in [5.41, 5.74) is 3.68.